The molecule has 0 aliphatic carbocycles. The SMILES string of the molecule is Cc1ccc(S(=O)(=O)NCC(C/C=C/[Si](C)(C)Cc2ccccc2)c2ccccc2)cc1. The second-order valence-corrected chi connectivity index (χ2v) is 15.5. The van der Waals surface area contributed by atoms with Crippen molar-refractivity contribution in [3.63, 3.8) is 0 Å². The predicted molar refractivity (Wildman–Crippen MR) is 137 cm³/mol. The van der Waals surface area contributed by atoms with Crippen LogP contribution in [0.2, 0.25) is 13.1 Å². The van der Waals surface area contributed by atoms with E-state index in [2.05, 4.69) is 72.1 Å². The first-order valence-electron chi connectivity index (χ1n) is 11.1. The standard InChI is InChI=1S/C27H33NO2SSi/c1-23-16-18-27(19-17-23)31(29,30)28-21-26(25-13-8-5-9-14-25)15-10-20-32(2,3)22-24-11-6-4-7-12-24/h4-14,16-20,26,28H,15,21-22H2,1-3H3/b20-10+. The lowest BCUT2D eigenvalue weighted by atomic mass is 9.96. The van der Waals surface area contributed by atoms with Gasteiger partial charge in [0.2, 0.25) is 10.0 Å². The van der Waals surface area contributed by atoms with E-state index in [4.69, 9.17) is 0 Å². The highest BCUT2D eigenvalue weighted by Gasteiger charge is 2.20. The van der Waals surface area contributed by atoms with Gasteiger partial charge in [-0.25, -0.2) is 13.1 Å². The quantitative estimate of drug-likeness (QED) is 0.373. The number of hydrogen-bond donors (Lipinski definition) is 1. The van der Waals surface area contributed by atoms with E-state index in [9.17, 15) is 8.42 Å². The third-order valence-corrected chi connectivity index (χ3v) is 9.51. The lowest BCUT2D eigenvalue weighted by Crippen LogP contribution is -2.29. The Kier molecular flexibility index (Phi) is 8.24. The first-order valence-corrected chi connectivity index (χ1v) is 15.8. The molecule has 3 rings (SSSR count). The first-order chi connectivity index (χ1) is 15.3. The molecule has 3 aromatic carbocycles. The Bertz CT molecular complexity index is 1110. The van der Waals surface area contributed by atoms with Gasteiger partial charge in [-0.2, -0.15) is 0 Å². The Morgan fingerprint density at radius 1 is 0.875 bits per heavy atom. The number of hydrogen-bond acceptors (Lipinski definition) is 2. The van der Waals surface area contributed by atoms with Gasteiger partial charge < -0.3 is 0 Å². The van der Waals surface area contributed by atoms with Gasteiger partial charge in [0.1, 0.15) is 0 Å². The third kappa shape index (κ3) is 7.30. The van der Waals surface area contributed by atoms with E-state index in [1.54, 1.807) is 12.1 Å². The van der Waals surface area contributed by atoms with Crippen molar-refractivity contribution in [2.75, 3.05) is 6.54 Å². The molecule has 168 valence electrons. The Hall–Kier alpha value is -2.47. The van der Waals surface area contributed by atoms with Crippen LogP contribution < -0.4 is 4.72 Å². The summed E-state index contributed by atoms with van der Waals surface area (Å²) in [7, 11) is -5.09. The van der Waals surface area contributed by atoms with Crippen LogP contribution in [-0.2, 0) is 16.1 Å². The number of rotatable bonds is 10. The fourth-order valence-electron chi connectivity index (χ4n) is 3.81. The molecule has 0 heterocycles. The van der Waals surface area contributed by atoms with Crippen molar-refractivity contribution in [1.29, 1.82) is 0 Å². The second-order valence-electron chi connectivity index (χ2n) is 9.06. The fourth-order valence-corrected chi connectivity index (χ4v) is 7.07. The van der Waals surface area contributed by atoms with Gasteiger partial charge in [-0.05, 0) is 37.1 Å². The summed E-state index contributed by atoms with van der Waals surface area (Å²) < 4.78 is 28.4. The van der Waals surface area contributed by atoms with E-state index in [1.807, 2.05) is 37.3 Å². The molecule has 1 atom stereocenters. The molecule has 0 aliphatic rings. The molecule has 1 N–H and O–H groups in total. The van der Waals surface area contributed by atoms with Crippen molar-refractivity contribution >= 4 is 18.1 Å². The predicted octanol–water partition coefficient (Wildman–Crippen LogP) is 6.03. The molecule has 0 aromatic heterocycles. The van der Waals surface area contributed by atoms with Crippen molar-refractivity contribution < 1.29 is 8.42 Å². The van der Waals surface area contributed by atoms with Crippen LogP contribution in [0.15, 0.2) is 102 Å². The maximum atomic E-state index is 12.8. The van der Waals surface area contributed by atoms with Crippen LogP contribution in [0.3, 0.4) is 0 Å². The molecule has 0 saturated carbocycles. The van der Waals surface area contributed by atoms with E-state index in [0.29, 0.717) is 11.4 Å². The van der Waals surface area contributed by atoms with Crippen LogP contribution >= 0.6 is 0 Å². The van der Waals surface area contributed by atoms with Crippen LogP contribution in [0.5, 0.6) is 0 Å². The maximum Gasteiger partial charge on any atom is 0.240 e. The number of allylic oxidation sites excluding steroid dienone is 1. The molecule has 0 bridgehead atoms. The van der Waals surface area contributed by atoms with Crippen LogP contribution in [-0.4, -0.2) is 23.0 Å². The largest absolute Gasteiger partial charge is 0.240 e. The summed E-state index contributed by atoms with van der Waals surface area (Å²) in [6.45, 7) is 7.05. The van der Waals surface area contributed by atoms with Gasteiger partial charge in [0.05, 0.1) is 13.0 Å². The normalized spacial score (nSPS) is 13.3. The fraction of sp³-hybridized carbons (Fsp3) is 0.259. The van der Waals surface area contributed by atoms with Gasteiger partial charge in [-0.15, -0.1) is 0 Å². The maximum absolute atomic E-state index is 12.8. The molecular formula is C27H33NO2SSi. The van der Waals surface area contributed by atoms with Crippen LogP contribution in [0.25, 0.3) is 0 Å². The average molecular weight is 464 g/mol. The molecule has 0 spiro atoms. The zero-order valence-corrected chi connectivity index (χ0v) is 21.0. The lowest BCUT2D eigenvalue weighted by Gasteiger charge is -2.20. The zero-order chi connectivity index (χ0) is 23.0. The summed E-state index contributed by atoms with van der Waals surface area (Å²) in [5, 5.41) is 0. The van der Waals surface area contributed by atoms with Gasteiger partial charge >= 0.3 is 0 Å². The Morgan fingerprint density at radius 3 is 2.09 bits per heavy atom. The summed E-state index contributed by atoms with van der Waals surface area (Å²) in [4.78, 5) is 0.307. The minimum absolute atomic E-state index is 0.0780. The number of nitrogens with one attached hydrogen (secondary N) is 1. The average Bonchev–Trinajstić information content (AvgIpc) is 2.77. The Balaban J connectivity index is 1.69. The van der Waals surface area contributed by atoms with E-state index >= 15 is 0 Å². The monoisotopic (exact) mass is 463 g/mol. The summed E-state index contributed by atoms with van der Waals surface area (Å²) in [6.07, 6.45) is 3.05. The molecule has 0 saturated heterocycles. The highest BCUT2D eigenvalue weighted by molar-refractivity contribution is 7.89. The molecular weight excluding hydrogens is 430 g/mol. The third-order valence-electron chi connectivity index (χ3n) is 5.61. The minimum atomic E-state index is -3.54. The smallest absolute Gasteiger partial charge is 0.211 e. The van der Waals surface area contributed by atoms with Crippen LogP contribution in [0, 0.1) is 6.92 Å². The topological polar surface area (TPSA) is 46.2 Å². The number of benzene rings is 3. The molecule has 5 heteroatoms. The van der Waals surface area contributed by atoms with Crippen LogP contribution in [0.4, 0.5) is 0 Å². The molecule has 3 aromatic rings. The summed E-state index contributed by atoms with van der Waals surface area (Å²) in [5.74, 6) is 0.0780. The Labute approximate surface area is 194 Å². The molecule has 32 heavy (non-hydrogen) atoms. The molecule has 0 radical (unpaired) electrons. The zero-order valence-electron chi connectivity index (χ0n) is 19.2. The van der Waals surface area contributed by atoms with E-state index < -0.39 is 18.1 Å². The molecule has 0 aliphatic heterocycles. The van der Waals surface area contributed by atoms with Crippen molar-refractivity contribution in [3.05, 3.63) is 113 Å². The van der Waals surface area contributed by atoms with Crippen molar-refractivity contribution in [2.24, 2.45) is 0 Å². The van der Waals surface area contributed by atoms with E-state index in [1.165, 1.54) is 5.56 Å². The molecule has 0 amide bonds. The highest BCUT2D eigenvalue weighted by Crippen LogP contribution is 2.22. The minimum Gasteiger partial charge on any atom is -0.211 e. The van der Waals surface area contributed by atoms with E-state index in [-0.39, 0.29) is 5.92 Å². The summed E-state index contributed by atoms with van der Waals surface area (Å²) in [5.41, 5.74) is 5.95. The first kappa shape index (κ1) is 24.2. The lowest BCUT2D eigenvalue weighted by molar-refractivity contribution is 0.570. The number of aryl methyl sites for hydroxylation is 1. The number of sulfonamides is 1. The van der Waals surface area contributed by atoms with Crippen molar-refractivity contribution in [2.45, 2.75) is 43.3 Å². The van der Waals surface area contributed by atoms with Crippen LogP contribution in [0.1, 0.15) is 29.0 Å². The van der Waals surface area contributed by atoms with Gasteiger partial charge in [0.15, 0.2) is 0 Å². The van der Waals surface area contributed by atoms with Gasteiger partial charge in [-0.1, -0.05) is 109 Å². The summed E-state index contributed by atoms with van der Waals surface area (Å²) in [6, 6.07) is 28.8. The Morgan fingerprint density at radius 2 is 1.47 bits per heavy atom. The molecule has 0 fully saturated rings. The highest BCUT2D eigenvalue weighted by atomic mass is 32.2. The van der Waals surface area contributed by atoms with E-state index in [0.717, 1.165) is 23.6 Å². The van der Waals surface area contributed by atoms with Gasteiger partial charge in [-0.3, -0.25) is 0 Å². The summed E-state index contributed by atoms with van der Waals surface area (Å²) >= 11 is 0. The van der Waals surface area contributed by atoms with Crippen molar-refractivity contribution in [3.8, 4) is 0 Å². The van der Waals surface area contributed by atoms with Crippen molar-refractivity contribution in [1.82, 2.24) is 4.72 Å². The van der Waals surface area contributed by atoms with Gasteiger partial charge in [0, 0.05) is 12.5 Å². The molecule has 3 nitrogen and oxygen atoms in total. The second kappa shape index (κ2) is 10.9. The van der Waals surface area contributed by atoms with Gasteiger partial charge in [0.25, 0.3) is 0 Å². The molecule has 1 unspecified atom stereocenters.